The van der Waals surface area contributed by atoms with Crippen LogP contribution < -0.4 is 5.32 Å². The number of halogens is 1. The summed E-state index contributed by atoms with van der Waals surface area (Å²) < 4.78 is 10.6. The van der Waals surface area contributed by atoms with Crippen molar-refractivity contribution >= 4 is 23.5 Å². The van der Waals surface area contributed by atoms with Crippen molar-refractivity contribution in [2.24, 2.45) is 0 Å². The number of aromatic nitrogens is 1. The van der Waals surface area contributed by atoms with Gasteiger partial charge in [0.05, 0.1) is 29.4 Å². The Bertz CT molecular complexity index is 795. The third-order valence-corrected chi connectivity index (χ3v) is 4.25. The van der Waals surface area contributed by atoms with Crippen molar-refractivity contribution in [1.29, 1.82) is 0 Å². The molecule has 1 aliphatic rings. The molecule has 0 aliphatic carbocycles. The number of hydrogen-bond donors (Lipinski definition) is 1. The van der Waals surface area contributed by atoms with Crippen LogP contribution in [0.3, 0.4) is 0 Å². The molecule has 1 atom stereocenters. The molecular formula is C17H17ClN2O3. The number of ether oxygens (including phenoxy) is 1. The summed E-state index contributed by atoms with van der Waals surface area (Å²) >= 11 is 6.39. The molecule has 2 aromatic rings. The molecule has 0 amide bonds. The van der Waals surface area contributed by atoms with Gasteiger partial charge in [-0.2, -0.15) is 0 Å². The number of allylic oxidation sites excluding steroid dienone is 1. The molecule has 1 aliphatic heterocycles. The monoisotopic (exact) mass is 332 g/mol. The first kappa shape index (κ1) is 15.6. The number of nitrogens with zero attached hydrogens (tertiary/aromatic N) is 1. The summed E-state index contributed by atoms with van der Waals surface area (Å²) in [4.78, 5) is 12.5. The highest BCUT2D eigenvalue weighted by atomic mass is 35.5. The predicted octanol–water partition coefficient (Wildman–Crippen LogP) is 4.03. The van der Waals surface area contributed by atoms with Gasteiger partial charge in [0.25, 0.3) is 0 Å². The van der Waals surface area contributed by atoms with Crippen molar-refractivity contribution in [2.45, 2.75) is 26.7 Å². The normalized spacial score (nSPS) is 16.8. The third-order valence-electron chi connectivity index (χ3n) is 3.90. The summed E-state index contributed by atoms with van der Waals surface area (Å²) in [6.45, 7) is 5.75. The molecule has 1 aromatic carbocycles. The lowest BCUT2D eigenvalue weighted by atomic mass is 9.81. The van der Waals surface area contributed by atoms with Gasteiger partial charge in [-0.05, 0) is 32.4 Å². The summed E-state index contributed by atoms with van der Waals surface area (Å²) in [5, 5.41) is 7.70. The summed E-state index contributed by atoms with van der Waals surface area (Å²) in [5.74, 6) is -0.197. The number of hydrogen-bond acceptors (Lipinski definition) is 5. The minimum Gasteiger partial charge on any atom is -0.463 e. The van der Waals surface area contributed by atoms with Crippen LogP contribution >= 0.6 is 11.6 Å². The summed E-state index contributed by atoms with van der Waals surface area (Å²) in [7, 11) is 0. The van der Waals surface area contributed by atoms with E-state index in [1.165, 1.54) is 0 Å². The van der Waals surface area contributed by atoms with Crippen molar-refractivity contribution in [3.05, 3.63) is 57.4 Å². The van der Waals surface area contributed by atoms with Gasteiger partial charge in [0.1, 0.15) is 0 Å². The van der Waals surface area contributed by atoms with E-state index in [1.807, 2.05) is 32.0 Å². The van der Waals surface area contributed by atoms with Crippen LogP contribution in [0.25, 0.3) is 0 Å². The van der Waals surface area contributed by atoms with Crippen LogP contribution in [-0.2, 0) is 9.53 Å². The zero-order chi connectivity index (χ0) is 16.6. The van der Waals surface area contributed by atoms with Gasteiger partial charge in [0, 0.05) is 10.7 Å². The minimum absolute atomic E-state index is 0.306. The van der Waals surface area contributed by atoms with E-state index in [4.69, 9.17) is 20.9 Å². The summed E-state index contributed by atoms with van der Waals surface area (Å²) in [5.41, 5.74) is 3.56. The van der Waals surface area contributed by atoms with Gasteiger partial charge in [-0.3, -0.25) is 0 Å². The quantitative estimate of drug-likeness (QED) is 0.860. The van der Waals surface area contributed by atoms with Gasteiger partial charge in [-0.15, -0.1) is 0 Å². The number of esters is 1. The maximum atomic E-state index is 12.5. The largest absolute Gasteiger partial charge is 0.463 e. The first-order chi connectivity index (χ1) is 11.0. The number of rotatable bonds is 3. The lowest BCUT2D eigenvalue weighted by Gasteiger charge is -2.27. The smallest absolute Gasteiger partial charge is 0.336 e. The number of benzene rings is 1. The van der Waals surface area contributed by atoms with Crippen molar-refractivity contribution in [3.63, 3.8) is 0 Å². The maximum Gasteiger partial charge on any atom is 0.336 e. The van der Waals surface area contributed by atoms with E-state index >= 15 is 0 Å². The van der Waals surface area contributed by atoms with Crippen LogP contribution in [-0.4, -0.2) is 17.7 Å². The molecule has 1 N–H and O–H groups in total. The number of anilines is 1. The Morgan fingerprint density at radius 1 is 1.39 bits per heavy atom. The third kappa shape index (κ3) is 2.61. The van der Waals surface area contributed by atoms with E-state index in [9.17, 15) is 4.79 Å². The molecule has 5 nitrogen and oxygen atoms in total. The standard InChI is InChI=1S/C17H17ClN2O3/c1-4-22-17(21)14-9(2)19-16-13(10(3)20-23-16)15(14)11-7-5-6-8-12(11)18/h5-8,15,19H,4H2,1-3H3. The number of aryl methyl sites for hydroxylation is 1. The lowest BCUT2D eigenvalue weighted by molar-refractivity contribution is -0.138. The Morgan fingerprint density at radius 2 is 2.13 bits per heavy atom. The van der Waals surface area contributed by atoms with E-state index < -0.39 is 0 Å². The van der Waals surface area contributed by atoms with E-state index in [0.717, 1.165) is 11.1 Å². The van der Waals surface area contributed by atoms with E-state index in [-0.39, 0.29) is 11.9 Å². The van der Waals surface area contributed by atoms with Gasteiger partial charge < -0.3 is 14.6 Å². The van der Waals surface area contributed by atoms with E-state index in [0.29, 0.717) is 34.5 Å². The van der Waals surface area contributed by atoms with Gasteiger partial charge in [-0.1, -0.05) is 35.0 Å². The molecule has 6 heteroatoms. The van der Waals surface area contributed by atoms with Crippen LogP contribution in [0.4, 0.5) is 5.88 Å². The average Bonchev–Trinajstić information content (AvgIpc) is 2.87. The minimum atomic E-state index is -0.370. The van der Waals surface area contributed by atoms with Gasteiger partial charge in [-0.25, -0.2) is 4.79 Å². The zero-order valence-electron chi connectivity index (χ0n) is 13.1. The Hall–Kier alpha value is -2.27. The topological polar surface area (TPSA) is 64.4 Å². The molecular weight excluding hydrogens is 316 g/mol. The van der Waals surface area contributed by atoms with Gasteiger partial charge >= 0.3 is 5.97 Å². The summed E-state index contributed by atoms with van der Waals surface area (Å²) in [6, 6.07) is 7.46. The highest BCUT2D eigenvalue weighted by molar-refractivity contribution is 6.31. The predicted molar refractivity (Wildman–Crippen MR) is 87.5 cm³/mol. The lowest BCUT2D eigenvalue weighted by Crippen LogP contribution is -2.24. The molecule has 3 rings (SSSR count). The molecule has 1 aromatic heterocycles. The maximum absolute atomic E-state index is 12.5. The number of fused-ring (bicyclic) bond motifs is 1. The molecule has 0 saturated carbocycles. The van der Waals surface area contributed by atoms with Gasteiger partial charge in [0.2, 0.25) is 5.88 Å². The van der Waals surface area contributed by atoms with Crippen molar-refractivity contribution in [1.82, 2.24) is 5.16 Å². The second kappa shape index (κ2) is 6.08. The number of carbonyl (C=O) groups is 1. The summed E-state index contributed by atoms with van der Waals surface area (Å²) in [6.07, 6.45) is 0. The first-order valence-electron chi connectivity index (χ1n) is 7.40. The fraction of sp³-hybridized carbons (Fsp3) is 0.294. The SMILES string of the molecule is CCOC(=O)C1=C(C)Nc2onc(C)c2C1c1ccccc1Cl. The van der Waals surface area contributed by atoms with E-state index in [1.54, 1.807) is 13.0 Å². The number of nitrogens with one attached hydrogen (secondary N) is 1. The molecule has 23 heavy (non-hydrogen) atoms. The molecule has 2 heterocycles. The van der Waals surface area contributed by atoms with Crippen LogP contribution in [0.1, 0.15) is 36.6 Å². The van der Waals surface area contributed by atoms with Crippen LogP contribution in [0.2, 0.25) is 5.02 Å². The second-order valence-corrected chi connectivity index (χ2v) is 5.76. The molecule has 1 unspecified atom stereocenters. The Balaban J connectivity index is 2.23. The Labute approximate surface area is 139 Å². The molecule has 0 spiro atoms. The van der Waals surface area contributed by atoms with Crippen LogP contribution in [0.15, 0.2) is 40.1 Å². The highest BCUT2D eigenvalue weighted by Gasteiger charge is 2.37. The fourth-order valence-corrected chi connectivity index (χ4v) is 3.15. The van der Waals surface area contributed by atoms with Crippen LogP contribution in [0, 0.1) is 6.92 Å². The number of carbonyl (C=O) groups excluding carboxylic acids is 1. The molecule has 0 saturated heterocycles. The van der Waals surface area contributed by atoms with E-state index in [2.05, 4.69) is 10.5 Å². The highest BCUT2D eigenvalue weighted by Crippen LogP contribution is 2.45. The molecule has 120 valence electrons. The van der Waals surface area contributed by atoms with Crippen molar-refractivity contribution < 1.29 is 14.1 Å². The van der Waals surface area contributed by atoms with Crippen molar-refractivity contribution in [3.8, 4) is 0 Å². The first-order valence-corrected chi connectivity index (χ1v) is 7.77. The molecule has 0 bridgehead atoms. The molecule has 0 fully saturated rings. The Morgan fingerprint density at radius 3 is 2.83 bits per heavy atom. The fourth-order valence-electron chi connectivity index (χ4n) is 2.91. The zero-order valence-corrected chi connectivity index (χ0v) is 13.9. The Kier molecular flexibility index (Phi) is 4.13. The molecule has 0 radical (unpaired) electrons. The average molecular weight is 333 g/mol. The van der Waals surface area contributed by atoms with Gasteiger partial charge in [0.15, 0.2) is 0 Å². The second-order valence-electron chi connectivity index (χ2n) is 5.35. The van der Waals surface area contributed by atoms with Crippen LogP contribution in [0.5, 0.6) is 0 Å². The van der Waals surface area contributed by atoms with Crippen molar-refractivity contribution in [2.75, 3.05) is 11.9 Å².